The molecule has 0 radical (unpaired) electrons. The summed E-state index contributed by atoms with van der Waals surface area (Å²) in [4.78, 5) is 14.8. The maximum Gasteiger partial charge on any atom is 0.233 e. The third-order valence-corrected chi connectivity index (χ3v) is 6.37. The lowest BCUT2D eigenvalue weighted by molar-refractivity contribution is -0.140. The van der Waals surface area contributed by atoms with E-state index in [-0.39, 0.29) is 23.9 Å². The van der Waals surface area contributed by atoms with Crippen molar-refractivity contribution >= 4 is 29.3 Å². The standard InChI is InChI=1S/C24H27ClN4O3S/c1-4-31-21-10-8-20(9-11-21)29-23(18-6-5-7-19(25)12-18)26-27-24(29)33-15-22(30)28-13-16(2)32-17(3)14-28/h5-12,16-17H,4,13-15H2,1-3H3. The van der Waals surface area contributed by atoms with Gasteiger partial charge in [0.1, 0.15) is 5.75 Å². The van der Waals surface area contributed by atoms with Crippen molar-refractivity contribution in [2.45, 2.75) is 38.1 Å². The number of amides is 1. The average Bonchev–Trinajstić information content (AvgIpc) is 3.21. The van der Waals surface area contributed by atoms with E-state index in [4.69, 9.17) is 21.1 Å². The first-order valence-corrected chi connectivity index (χ1v) is 12.3. The van der Waals surface area contributed by atoms with Crippen LogP contribution in [0.25, 0.3) is 17.1 Å². The minimum atomic E-state index is 0.0321. The van der Waals surface area contributed by atoms with E-state index in [1.807, 2.05) is 78.8 Å². The predicted molar refractivity (Wildman–Crippen MR) is 130 cm³/mol. The van der Waals surface area contributed by atoms with Crippen LogP contribution in [-0.4, -0.2) is 63.2 Å². The first kappa shape index (κ1) is 23.6. The van der Waals surface area contributed by atoms with Gasteiger partial charge < -0.3 is 14.4 Å². The zero-order valence-corrected chi connectivity index (χ0v) is 20.5. The molecule has 2 atom stereocenters. The number of aromatic nitrogens is 3. The summed E-state index contributed by atoms with van der Waals surface area (Å²) < 4.78 is 13.3. The number of carbonyl (C=O) groups excluding carboxylic acids is 1. The highest BCUT2D eigenvalue weighted by atomic mass is 35.5. The molecule has 4 rings (SSSR count). The van der Waals surface area contributed by atoms with Crippen molar-refractivity contribution in [3.8, 4) is 22.8 Å². The summed E-state index contributed by atoms with van der Waals surface area (Å²) in [7, 11) is 0. The third-order valence-electron chi connectivity index (χ3n) is 5.22. The maximum atomic E-state index is 12.9. The fourth-order valence-electron chi connectivity index (χ4n) is 3.87. The summed E-state index contributed by atoms with van der Waals surface area (Å²) in [6.07, 6.45) is 0.0641. The fourth-order valence-corrected chi connectivity index (χ4v) is 4.91. The first-order valence-electron chi connectivity index (χ1n) is 10.9. The molecule has 0 bridgehead atoms. The molecule has 7 nitrogen and oxygen atoms in total. The van der Waals surface area contributed by atoms with Crippen LogP contribution in [0.1, 0.15) is 20.8 Å². The molecule has 33 heavy (non-hydrogen) atoms. The quantitative estimate of drug-likeness (QED) is 0.450. The highest BCUT2D eigenvalue weighted by Gasteiger charge is 2.26. The van der Waals surface area contributed by atoms with E-state index in [9.17, 15) is 4.79 Å². The number of nitrogens with zero attached hydrogens (tertiary/aromatic N) is 4. The zero-order chi connectivity index (χ0) is 23.4. The molecule has 2 aromatic carbocycles. The highest BCUT2D eigenvalue weighted by Crippen LogP contribution is 2.30. The van der Waals surface area contributed by atoms with Gasteiger partial charge in [-0.3, -0.25) is 9.36 Å². The number of hydrogen-bond donors (Lipinski definition) is 0. The molecule has 0 aliphatic carbocycles. The Morgan fingerprint density at radius 2 is 1.88 bits per heavy atom. The molecule has 9 heteroatoms. The van der Waals surface area contributed by atoms with Crippen LogP contribution >= 0.6 is 23.4 Å². The van der Waals surface area contributed by atoms with Crippen LogP contribution in [0.4, 0.5) is 0 Å². The Labute approximate surface area is 203 Å². The van der Waals surface area contributed by atoms with Crippen LogP contribution in [0.15, 0.2) is 53.7 Å². The third kappa shape index (κ3) is 5.69. The molecule has 1 amide bonds. The Bertz CT molecular complexity index is 1100. The number of ether oxygens (including phenoxy) is 2. The van der Waals surface area contributed by atoms with Crippen molar-refractivity contribution in [1.82, 2.24) is 19.7 Å². The van der Waals surface area contributed by atoms with E-state index < -0.39 is 0 Å². The van der Waals surface area contributed by atoms with Gasteiger partial charge in [-0.1, -0.05) is 35.5 Å². The maximum absolute atomic E-state index is 12.9. The second-order valence-corrected chi connectivity index (χ2v) is 9.30. The van der Waals surface area contributed by atoms with Crippen LogP contribution in [0, 0.1) is 0 Å². The number of morpholine rings is 1. The van der Waals surface area contributed by atoms with E-state index in [0.717, 1.165) is 17.0 Å². The van der Waals surface area contributed by atoms with E-state index >= 15 is 0 Å². The molecule has 0 spiro atoms. The van der Waals surface area contributed by atoms with Gasteiger partial charge >= 0.3 is 0 Å². The molecule has 1 saturated heterocycles. The Hall–Kier alpha value is -2.55. The Morgan fingerprint density at radius 3 is 2.55 bits per heavy atom. The van der Waals surface area contributed by atoms with Gasteiger partial charge in [0.05, 0.1) is 24.6 Å². The molecule has 174 valence electrons. The molecule has 3 aromatic rings. The minimum absolute atomic E-state index is 0.0321. The molecule has 0 N–H and O–H groups in total. The van der Waals surface area contributed by atoms with E-state index in [2.05, 4.69) is 10.2 Å². The summed E-state index contributed by atoms with van der Waals surface area (Å²) in [5.74, 6) is 1.78. The van der Waals surface area contributed by atoms with Crippen LogP contribution in [0.2, 0.25) is 5.02 Å². The smallest absolute Gasteiger partial charge is 0.233 e. The lowest BCUT2D eigenvalue weighted by atomic mass is 10.2. The number of halogens is 1. The van der Waals surface area contributed by atoms with E-state index in [0.29, 0.717) is 35.7 Å². The second-order valence-electron chi connectivity index (χ2n) is 7.92. The van der Waals surface area contributed by atoms with Crippen molar-refractivity contribution < 1.29 is 14.3 Å². The molecule has 0 saturated carbocycles. The van der Waals surface area contributed by atoms with Crippen LogP contribution < -0.4 is 4.74 Å². The van der Waals surface area contributed by atoms with Crippen molar-refractivity contribution in [2.24, 2.45) is 0 Å². The van der Waals surface area contributed by atoms with Gasteiger partial charge in [-0.05, 0) is 57.2 Å². The lowest BCUT2D eigenvalue weighted by Gasteiger charge is -2.35. The van der Waals surface area contributed by atoms with Crippen LogP contribution in [0.5, 0.6) is 5.75 Å². The normalized spacial score (nSPS) is 18.4. The van der Waals surface area contributed by atoms with Crippen molar-refractivity contribution in [1.29, 1.82) is 0 Å². The Morgan fingerprint density at radius 1 is 1.15 bits per heavy atom. The van der Waals surface area contributed by atoms with Gasteiger partial charge in [0.15, 0.2) is 11.0 Å². The molecule has 1 aromatic heterocycles. The number of rotatable bonds is 7. The van der Waals surface area contributed by atoms with Crippen molar-refractivity contribution in [3.05, 3.63) is 53.6 Å². The van der Waals surface area contributed by atoms with Gasteiger partial charge in [-0.2, -0.15) is 0 Å². The zero-order valence-electron chi connectivity index (χ0n) is 18.9. The van der Waals surface area contributed by atoms with Gasteiger partial charge in [-0.15, -0.1) is 10.2 Å². The van der Waals surface area contributed by atoms with Gasteiger partial charge in [0, 0.05) is 29.4 Å². The molecule has 2 heterocycles. The molecule has 2 unspecified atom stereocenters. The fraction of sp³-hybridized carbons (Fsp3) is 0.375. The topological polar surface area (TPSA) is 69.5 Å². The number of thioether (sulfide) groups is 1. The number of carbonyl (C=O) groups is 1. The Balaban J connectivity index is 1.61. The van der Waals surface area contributed by atoms with Crippen molar-refractivity contribution in [2.75, 3.05) is 25.4 Å². The van der Waals surface area contributed by atoms with E-state index in [1.54, 1.807) is 0 Å². The molecular weight excluding hydrogens is 460 g/mol. The average molecular weight is 487 g/mol. The summed E-state index contributed by atoms with van der Waals surface area (Å²) in [5.41, 5.74) is 1.72. The largest absolute Gasteiger partial charge is 0.494 e. The lowest BCUT2D eigenvalue weighted by Crippen LogP contribution is -2.48. The SMILES string of the molecule is CCOc1ccc(-n2c(SCC(=O)N3CC(C)OC(C)C3)nnc2-c2cccc(Cl)c2)cc1. The van der Waals surface area contributed by atoms with Crippen molar-refractivity contribution in [3.63, 3.8) is 0 Å². The highest BCUT2D eigenvalue weighted by molar-refractivity contribution is 7.99. The molecule has 1 fully saturated rings. The van der Waals surface area contributed by atoms with Gasteiger partial charge in [0.25, 0.3) is 0 Å². The summed E-state index contributed by atoms with van der Waals surface area (Å²) in [5, 5.41) is 10.1. The second kappa shape index (κ2) is 10.6. The summed E-state index contributed by atoms with van der Waals surface area (Å²) >= 11 is 7.60. The molecular formula is C24H27ClN4O3S. The van der Waals surface area contributed by atoms with Crippen LogP contribution in [0.3, 0.4) is 0 Å². The van der Waals surface area contributed by atoms with Gasteiger partial charge in [-0.25, -0.2) is 0 Å². The Kier molecular flexibility index (Phi) is 7.57. The first-order chi connectivity index (χ1) is 15.9. The number of benzene rings is 2. The van der Waals surface area contributed by atoms with E-state index in [1.165, 1.54) is 11.8 Å². The molecule has 1 aliphatic rings. The van der Waals surface area contributed by atoms with Gasteiger partial charge in [0.2, 0.25) is 5.91 Å². The summed E-state index contributed by atoms with van der Waals surface area (Å²) in [6, 6.07) is 15.2. The minimum Gasteiger partial charge on any atom is -0.494 e. The molecule has 1 aliphatic heterocycles. The summed E-state index contributed by atoms with van der Waals surface area (Å²) in [6.45, 7) is 7.73. The monoisotopic (exact) mass is 486 g/mol. The van der Waals surface area contributed by atoms with Crippen LogP contribution in [-0.2, 0) is 9.53 Å². The predicted octanol–water partition coefficient (Wildman–Crippen LogP) is 4.71. The number of hydrogen-bond acceptors (Lipinski definition) is 6.